The Balaban J connectivity index is 3.19. The van der Waals surface area contributed by atoms with E-state index >= 15 is 0 Å². The SMILES string of the molecule is CN(C)c1cc([N+](=O)[O-])cc(Cl)n1. The van der Waals surface area contributed by atoms with Gasteiger partial charge in [0.15, 0.2) is 0 Å². The summed E-state index contributed by atoms with van der Waals surface area (Å²) in [5.74, 6) is 0.471. The van der Waals surface area contributed by atoms with Crippen LogP contribution in [0.25, 0.3) is 0 Å². The van der Waals surface area contributed by atoms with E-state index in [1.165, 1.54) is 12.1 Å². The van der Waals surface area contributed by atoms with Crippen molar-refractivity contribution in [1.82, 2.24) is 4.98 Å². The van der Waals surface area contributed by atoms with Crippen LogP contribution < -0.4 is 4.90 Å². The lowest BCUT2D eigenvalue weighted by Crippen LogP contribution is -2.10. The molecule has 0 aliphatic carbocycles. The van der Waals surface area contributed by atoms with E-state index in [2.05, 4.69) is 4.98 Å². The monoisotopic (exact) mass is 201 g/mol. The van der Waals surface area contributed by atoms with Crippen LogP contribution in [0.4, 0.5) is 11.5 Å². The fourth-order valence-corrected chi connectivity index (χ4v) is 1.00. The third kappa shape index (κ3) is 2.29. The second kappa shape index (κ2) is 3.57. The summed E-state index contributed by atoms with van der Waals surface area (Å²) in [5.41, 5.74) is -0.0521. The van der Waals surface area contributed by atoms with Crippen LogP contribution in [0, 0.1) is 10.1 Å². The molecule has 6 heteroatoms. The van der Waals surface area contributed by atoms with E-state index in [0.717, 1.165) is 0 Å². The summed E-state index contributed by atoms with van der Waals surface area (Å²) in [7, 11) is 3.48. The van der Waals surface area contributed by atoms with E-state index in [1.807, 2.05) is 0 Å². The summed E-state index contributed by atoms with van der Waals surface area (Å²) in [6.45, 7) is 0. The Morgan fingerprint density at radius 2 is 2.15 bits per heavy atom. The second-order valence-corrected chi connectivity index (χ2v) is 3.05. The molecule has 0 aliphatic rings. The first-order valence-electron chi connectivity index (χ1n) is 3.50. The molecular formula is C7H8ClN3O2. The Bertz CT molecular complexity index is 341. The van der Waals surface area contributed by atoms with Crippen LogP contribution in [0.3, 0.4) is 0 Å². The minimum absolute atomic E-state index is 0.0521. The normalized spacial score (nSPS) is 9.77. The van der Waals surface area contributed by atoms with Gasteiger partial charge in [-0.05, 0) is 0 Å². The molecule has 0 spiro atoms. The number of rotatable bonds is 2. The zero-order valence-electron chi connectivity index (χ0n) is 7.19. The van der Waals surface area contributed by atoms with Gasteiger partial charge in [0.25, 0.3) is 5.69 Å². The van der Waals surface area contributed by atoms with E-state index < -0.39 is 4.92 Å². The van der Waals surface area contributed by atoms with E-state index in [9.17, 15) is 10.1 Å². The molecule has 0 saturated heterocycles. The van der Waals surface area contributed by atoms with Crippen molar-refractivity contribution in [3.63, 3.8) is 0 Å². The predicted octanol–water partition coefficient (Wildman–Crippen LogP) is 1.71. The van der Waals surface area contributed by atoms with E-state index in [1.54, 1.807) is 19.0 Å². The molecule has 0 aromatic carbocycles. The maximum Gasteiger partial charge on any atom is 0.276 e. The van der Waals surface area contributed by atoms with Crippen molar-refractivity contribution < 1.29 is 4.92 Å². The molecule has 0 aliphatic heterocycles. The molecule has 1 rings (SSSR count). The van der Waals surface area contributed by atoms with Crippen molar-refractivity contribution in [3.05, 3.63) is 27.4 Å². The van der Waals surface area contributed by atoms with Gasteiger partial charge < -0.3 is 4.90 Å². The molecule has 0 bridgehead atoms. The molecule has 0 radical (unpaired) electrons. The standard InChI is InChI=1S/C7H8ClN3O2/c1-10(2)7-4-5(11(12)13)3-6(8)9-7/h3-4H,1-2H3. The van der Waals surface area contributed by atoms with Gasteiger partial charge in [-0.3, -0.25) is 10.1 Å². The lowest BCUT2D eigenvalue weighted by molar-refractivity contribution is -0.384. The molecule has 0 fully saturated rings. The molecule has 0 unspecified atom stereocenters. The van der Waals surface area contributed by atoms with Gasteiger partial charge in [0.2, 0.25) is 0 Å². The van der Waals surface area contributed by atoms with Crippen LogP contribution in [0.1, 0.15) is 0 Å². The third-order valence-corrected chi connectivity index (χ3v) is 1.63. The largest absolute Gasteiger partial charge is 0.362 e. The highest BCUT2D eigenvalue weighted by atomic mass is 35.5. The molecule has 5 nitrogen and oxygen atoms in total. The highest BCUT2D eigenvalue weighted by Crippen LogP contribution is 2.21. The number of aromatic nitrogens is 1. The van der Waals surface area contributed by atoms with Gasteiger partial charge in [-0.15, -0.1) is 0 Å². The summed E-state index contributed by atoms with van der Waals surface area (Å²) in [6.07, 6.45) is 0. The molecule has 13 heavy (non-hydrogen) atoms. The maximum atomic E-state index is 10.4. The first-order valence-corrected chi connectivity index (χ1v) is 3.88. The zero-order valence-corrected chi connectivity index (χ0v) is 7.95. The first kappa shape index (κ1) is 9.73. The molecule has 0 amide bonds. The minimum atomic E-state index is -0.499. The molecule has 1 aromatic rings. The topological polar surface area (TPSA) is 59.3 Å². The Morgan fingerprint density at radius 1 is 1.54 bits per heavy atom. The number of anilines is 1. The van der Waals surface area contributed by atoms with Crippen LogP contribution in [-0.2, 0) is 0 Å². The van der Waals surface area contributed by atoms with Crippen LogP contribution in [0.15, 0.2) is 12.1 Å². The fraction of sp³-hybridized carbons (Fsp3) is 0.286. The van der Waals surface area contributed by atoms with Crippen molar-refractivity contribution in [2.75, 3.05) is 19.0 Å². The Labute approximate surface area is 80.1 Å². The zero-order chi connectivity index (χ0) is 10.0. The molecular weight excluding hydrogens is 194 g/mol. The average molecular weight is 202 g/mol. The first-order chi connectivity index (χ1) is 6.00. The summed E-state index contributed by atoms with van der Waals surface area (Å²) in [6, 6.07) is 2.58. The smallest absolute Gasteiger partial charge is 0.276 e. The fourth-order valence-electron chi connectivity index (χ4n) is 0.804. The van der Waals surface area contributed by atoms with Crippen LogP contribution in [-0.4, -0.2) is 24.0 Å². The van der Waals surface area contributed by atoms with E-state index in [4.69, 9.17) is 11.6 Å². The van der Waals surface area contributed by atoms with Gasteiger partial charge in [0, 0.05) is 14.1 Å². The number of nitro groups is 1. The number of halogens is 1. The highest BCUT2D eigenvalue weighted by molar-refractivity contribution is 6.29. The number of nitrogens with zero attached hydrogens (tertiary/aromatic N) is 3. The maximum absolute atomic E-state index is 10.4. The van der Waals surface area contributed by atoms with Gasteiger partial charge in [-0.2, -0.15) is 0 Å². The second-order valence-electron chi connectivity index (χ2n) is 2.66. The third-order valence-electron chi connectivity index (χ3n) is 1.43. The molecule has 0 saturated carbocycles. The Morgan fingerprint density at radius 3 is 2.62 bits per heavy atom. The van der Waals surface area contributed by atoms with Crippen molar-refractivity contribution in [2.24, 2.45) is 0 Å². The minimum Gasteiger partial charge on any atom is -0.362 e. The van der Waals surface area contributed by atoms with Gasteiger partial charge in [-0.25, -0.2) is 4.98 Å². The average Bonchev–Trinajstić information content (AvgIpc) is 2.03. The summed E-state index contributed by atoms with van der Waals surface area (Å²) >= 11 is 5.60. The number of pyridine rings is 1. The van der Waals surface area contributed by atoms with Crippen molar-refractivity contribution >= 4 is 23.1 Å². The highest BCUT2D eigenvalue weighted by Gasteiger charge is 2.10. The van der Waals surface area contributed by atoms with Gasteiger partial charge >= 0.3 is 0 Å². The van der Waals surface area contributed by atoms with Crippen molar-refractivity contribution in [2.45, 2.75) is 0 Å². The van der Waals surface area contributed by atoms with Gasteiger partial charge in [0.1, 0.15) is 11.0 Å². The molecule has 1 heterocycles. The van der Waals surface area contributed by atoms with Crippen LogP contribution in [0.2, 0.25) is 5.15 Å². The summed E-state index contributed by atoms with van der Waals surface area (Å²) < 4.78 is 0. The van der Waals surface area contributed by atoms with Crippen molar-refractivity contribution in [3.8, 4) is 0 Å². The Hall–Kier alpha value is -1.36. The van der Waals surface area contributed by atoms with Crippen LogP contribution in [0.5, 0.6) is 0 Å². The molecule has 1 aromatic heterocycles. The summed E-state index contributed by atoms with van der Waals surface area (Å²) in [5, 5.41) is 10.6. The molecule has 0 N–H and O–H groups in total. The molecule has 70 valence electrons. The molecule has 0 atom stereocenters. The predicted molar refractivity (Wildman–Crippen MR) is 50.2 cm³/mol. The summed E-state index contributed by atoms with van der Waals surface area (Å²) in [4.78, 5) is 15.5. The van der Waals surface area contributed by atoms with E-state index in [0.29, 0.717) is 5.82 Å². The van der Waals surface area contributed by atoms with Crippen molar-refractivity contribution in [1.29, 1.82) is 0 Å². The lowest BCUT2D eigenvalue weighted by atomic mass is 10.4. The quantitative estimate of drug-likeness (QED) is 0.415. The van der Waals surface area contributed by atoms with Crippen LogP contribution >= 0.6 is 11.6 Å². The number of hydrogen-bond acceptors (Lipinski definition) is 4. The Kier molecular flexibility index (Phi) is 2.67. The van der Waals surface area contributed by atoms with Gasteiger partial charge in [-0.1, -0.05) is 11.6 Å². The lowest BCUT2D eigenvalue weighted by Gasteiger charge is -2.10. The van der Waals surface area contributed by atoms with E-state index in [-0.39, 0.29) is 10.8 Å². The number of hydrogen-bond donors (Lipinski definition) is 0. The van der Waals surface area contributed by atoms with Gasteiger partial charge in [0.05, 0.1) is 17.1 Å².